The van der Waals surface area contributed by atoms with E-state index in [0.717, 1.165) is 0 Å². The van der Waals surface area contributed by atoms with Crippen LogP contribution < -0.4 is 0 Å². The van der Waals surface area contributed by atoms with E-state index in [4.69, 9.17) is 0 Å². The Balaban J connectivity index is 3.86. The standard InChI is InChI=1S/C8H16OS/c1-5-6-7-10(9)8(2,3)4/h5-6H,7H2,1-4H3/b6-5+/t10-/m1/s1. The van der Waals surface area contributed by atoms with Gasteiger partial charge in [-0.2, -0.15) is 0 Å². The second-order valence-corrected chi connectivity index (χ2v) is 5.44. The fourth-order valence-corrected chi connectivity index (χ4v) is 1.30. The van der Waals surface area contributed by atoms with Gasteiger partial charge in [-0.3, -0.25) is 4.21 Å². The molecule has 0 aliphatic carbocycles. The summed E-state index contributed by atoms with van der Waals surface area (Å²) in [5.74, 6) is 0.681. The smallest absolute Gasteiger partial charge is 0.0420 e. The average Bonchev–Trinajstić information content (AvgIpc) is 1.80. The number of hydrogen-bond donors (Lipinski definition) is 0. The lowest BCUT2D eigenvalue weighted by atomic mass is 10.3. The van der Waals surface area contributed by atoms with Crippen molar-refractivity contribution in [1.29, 1.82) is 0 Å². The molecule has 1 nitrogen and oxygen atoms in total. The van der Waals surface area contributed by atoms with Gasteiger partial charge in [0.15, 0.2) is 0 Å². The van der Waals surface area contributed by atoms with Gasteiger partial charge in [-0.05, 0) is 27.7 Å². The second-order valence-electron chi connectivity index (χ2n) is 3.19. The van der Waals surface area contributed by atoms with Crippen LogP contribution in [-0.4, -0.2) is 14.7 Å². The molecule has 60 valence electrons. The van der Waals surface area contributed by atoms with Crippen LogP contribution in [0.15, 0.2) is 12.2 Å². The summed E-state index contributed by atoms with van der Waals surface area (Å²) in [4.78, 5) is 0. The van der Waals surface area contributed by atoms with Crippen molar-refractivity contribution in [3.63, 3.8) is 0 Å². The van der Waals surface area contributed by atoms with Crippen LogP contribution >= 0.6 is 0 Å². The predicted octanol–water partition coefficient (Wildman–Crippen LogP) is 2.11. The summed E-state index contributed by atoms with van der Waals surface area (Å²) in [6, 6.07) is 0. The average molecular weight is 160 g/mol. The van der Waals surface area contributed by atoms with Gasteiger partial charge in [0.1, 0.15) is 0 Å². The minimum absolute atomic E-state index is 0.0699. The van der Waals surface area contributed by atoms with Crippen LogP contribution in [0.4, 0.5) is 0 Å². The summed E-state index contributed by atoms with van der Waals surface area (Å²) < 4.78 is 11.2. The van der Waals surface area contributed by atoms with Crippen LogP contribution in [0.5, 0.6) is 0 Å². The third kappa shape index (κ3) is 3.83. The highest BCUT2D eigenvalue weighted by molar-refractivity contribution is 7.86. The highest BCUT2D eigenvalue weighted by atomic mass is 32.2. The SMILES string of the molecule is C/C=C/C[S@@](=O)C(C)(C)C. The van der Waals surface area contributed by atoms with Crippen molar-refractivity contribution in [1.82, 2.24) is 0 Å². The van der Waals surface area contributed by atoms with E-state index in [-0.39, 0.29) is 4.75 Å². The van der Waals surface area contributed by atoms with Gasteiger partial charge in [0.05, 0.1) is 0 Å². The zero-order chi connectivity index (χ0) is 8.20. The van der Waals surface area contributed by atoms with E-state index in [9.17, 15) is 4.21 Å². The summed E-state index contributed by atoms with van der Waals surface area (Å²) >= 11 is 0. The Hall–Kier alpha value is -0.110. The van der Waals surface area contributed by atoms with Crippen molar-refractivity contribution < 1.29 is 4.21 Å². The Morgan fingerprint density at radius 2 is 1.90 bits per heavy atom. The van der Waals surface area contributed by atoms with Gasteiger partial charge in [-0.15, -0.1) is 0 Å². The van der Waals surface area contributed by atoms with Crippen LogP contribution in [0.3, 0.4) is 0 Å². The van der Waals surface area contributed by atoms with Crippen molar-refractivity contribution >= 4 is 10.8 Å². The van der Waals surface area contributed by atoms with Crippen molar-refractivity contribution in [2.24, 2.45) is 0 Å². The maximum Gasteiger partial charge on any atom is 0.0420 e. The second kappa shape index (κ2) is 3.91. The lowest BCUT2D eigenvalue weighted by molar-refractivity contribution is 0.651. The molecule has 0 radical (unpaired) electrons. The lowest BCUT2D eigenvalue weighted by Gasteiger charge is -2.15. The first-order chi connectivity index (χ1) is 4.48. The summed E-state index contributed by atoms with van der Waals surface area (Å²) in [6.45, 7) is 7.92. The largest absolute Gasteiger partial charge is 0.259 e. The highest BCUT2D eigenvalue weighted by Gasteiger charge is 2.17. The van der Waals surface area contributed by atoms with E-state index < -0.39 is 10.8 Å². The van der Waals surface area contributed by atoms with Gasteiger partial charge in [0.2, 0.25) is 0 Å². The van der Waals surface area contributed by atoms with Crippen LogP contribution in [0.25, 0.3) is 0 Å². The summed E-state index contributed by atoms with van der Waals surface area (Å²) in [6.07, 6.45) is 3.88. The Morgan fingerprint density at radius 1 is 1.40 bits per heavy atom. The first kappa shape index (κ1) is 9.89. The summed E-state index contributed by atoms with van der Waals surface area (Å²) in [7, 11) is -0.724. The van der Waals surface area contributed by atoms with Gasteiger partial charge in [-0.1, -0.05) is 12.2 Å². The van der Waals surface area contributed by atoms with Crippen molar-refractivity contribution in [3.05, 3.63) is 12.2 Å². The van der Waals surface area contributed by atoms with E-state index in [1.807, 2.05) is 39.8 Å². The molecule has 0 amide bonds. The number of allylic oxidation sites excluding steroid dienone is 1. The third-order valence-electron chi connectivity index (χ3n) is 1.17. The van der Waals surface area contributed by atoms with Crippen LogP contribution in [-0.2, 0) is 10.8 Å². The summed E-state index contributed by atoms with van der Waals surface area (Å²) in [5.41, 5.74) is 0. The molecule has 0 saturated carbocycles. The number of rotatable bonds is 2. The summed E-state index contributed by atoms with van der Waals surface area (Å²) in [5, 5.41) is 0. The Kier molecular flexibility index (Phi) is 3.87. The fourth-order valence-electron chi connectivity index (χ4n) is 0.434. The molecule has 0 rings (SSSR count). The first-order valence-electron chi connectivity index (χ1n) is 3.48. The van der Waals surface area contributed by atoms with E-state index >= 15 is 0 Å². The number of hydrogen-bond acceptors (Lipinski definition) is 1. The predicted molar refractivity (Wildman–Crippen MR) is 47.6 cm³/mol. The molecule has 0 heterocycles. The zero-order valence-corrected chi connectivity index (χ0v) is 7.99. The van der Waals surface area contributed by atoms with E-state index in [1.54, 1.807) is 0 Å². The van der Waals surface area contributed by atoms with E-state index in [2.05, 4.69) is 0 Å². The van der Waals surface area contributed by atoms with Crippen LogP contribution in [0, 0.1) is 0 Å². The molecular formula is C8H16OS. The molecule has 0 spiro atoms. The molecule has 10 heavy (non-hydrogen) atoms. The molecule has 1 atom stereocenters. The maximum absolute atomic E-state index is 11.3. The topological polar surface area (TPSA) is 17.1 Å². The van der Waals surface area contributed by atoms with E-state index in [1.165, 1.54) is 0 Å². The molecule has 0 aliphatic rings. The monoisotopic (exact) mass is 160 g/mol. The Labute approximate surface area is 66.0 Å². The minimum Gasteiger partial charge on any atom is -0.259 e. The third-order valence-corrected chi connectivity index (χ3v) is 3.03. The fraction of sp³-hybridized carbons (Fsp3) is 0.750. The van der Waals surface area contributed by atoms with Gasteiger partial charge in [-0.25, -0.2) is 0 Å². The van der Waals surface area contributed by atoms with Gasteiger partial charge < -0.3 is 0 Å². The Morgan fingerprint density at radius 3 is 2.20 bits per heavy atom. The molecule has 2 heteroatoms. The van der Waals surface area contributed by atoms with E-state index in [0.29, 0.717) is 5.75 Å². The molecule has 0 unspecified atom stereocenters. The molecule has 0 aromatic carbocycles. The molecule has 0 aromatic rings. The molecule has 0 aliphatic heterocycles. The molecule has 0 fully saturated rings. The molecule has 0 bridgehead atoms. The quantitative estimate of drug-likeness (QED) is 0.565. The molecule has 0 N–H and O–H groups in total. The molecule has 0 aromatic heterocycles. The van der Waals surface area contributed by atoms with Gasteiger partial charge >= 0.3 is 0 Å². The van der Waals surface area contributed by atoms with Gasteiger partial charge in [0, 0.05) is 21.3 Å². The lowest BCUT2D eigenvalue weighted by Crippen LogP contribution is -2.23. The molecule has 0 saturated heterocycles. The van der Waals surface area contributed by atoms with Crippen molar-refractivity contribution in [2.45, 2.75) is 32.4 Å². The van der Waals surface area contributed by atoms with Crippen molar-refractivity contribution in [2.75, 3.05) is 5.75 Å². The molecular weight excluding hydrogens is 144 g/mol. The van der Waals surface area contributed by atoms with Crippen LogP contribution in [0.1, 0.15) is 27.7 Å². The Bertz CT molecular complexity index is 142. The minimum atomic E-state index is -0.724. The van der Waals surface area contributed by atoms with Crippen LogP contribution in [0.2, 0.25) is 0 Å². The zero-order valence-electron chi connectivity index (χ0n) is 7.18. The van der Waals surface area contributed by atoms with Gasteiger partial charge in [0.25, 0.3) is 0 Å². The normalized spacial score (nSPS) is 16.0. The maximum atomic E-state index is 11.3. The van der Waals surface area contributed by atoms with Crippen molar-refractivity contribution in [3.8, 4) is 0 Å². The first-order valence-corrected chi connectivity index (χ1v) is 4.80. The highest BCUT2D eigenvalue weighted by Crippen LogP contribution is 2.10.